The lowest BCUT2D eigenvalue weighted by atomic mass is 10.2. The Bertz CT molecular complexity index is 546. The SMILES string of the molecule is CCCNCc1cc(F)ccc1OCCc1ccncc1. The first-order valence-electron chi connectivity index (χ1n) is 7.30. The fraction of sp³-hybridized carbons (Fsp3) is 0.353. The van der Waals surface area contributed by atoms with Crippen LogP contribution in [0, 0.1) is 5.82 Å². The maximum Gasteiger partial charge on any atom is 0.123 e. The van der Waals surface area contributed by atoms with Gasteiger partial charge in [-0.2, -0.15) is 0 Å². The molecule has 1 aromatic heterocycles. The standard InChI is InChI=1S/C17H21FN2O/c1-2-8-20-13-15-12-16(18)3-4-17(15)21-11-7-14-5-9-19-10-6-14/h3-6,9-10,12,20H,2,7-8,11,13H2,1H3. The molecule has 2 aromatic rings. The smallest absolute Gasteiger partial charge is 0.123 e. The number of hydrogen-bond acceptors (Lipinski definition) is 3. The third kappa shape index (κ3) is 5.16. The molecule has 0 aliphatic carbocycles. The molecule has 0 atom stereocenters. The lowest BCUT2D eigenvalue weighted by Crippen LogP contribution is -2.15. The van der Waals surface area contributed by atoms with Gasteiger partial charge in [0.1, 0.15) is 11.6 Å². The van der Waals surface area contributed by atoms with Crippen molar-refractivity contribution in [3.05, 3.63) is 59.7 Å². The number of rotatable bonds is 8. The second-order valence-corrected chi connectivity index (χ2v) is 4.88. The Morgan fingerprint density at radius 3 is 2.76 bits per heavy atom. The van der Waals surface area contributed by atoms with Gasteiger partial charge in [-0.25, -0.2) is 4.39 Å². The van der Waals surface area contributed by atoms with Crippen molar-refractivity contribution in [1.29, 1.82) is 0 Å². The largest absolute Gasteiger partial charge is 0.493 e. The van der Waals surface area contributed by atoms with Crippen molar-refractivity contribution in [2.45, 2.75) is 26.3 Å². The summed E-state index contributed by atoms with van der Waals surface area (Å²) in [6.45, 7) is 4.20. The number of nitrogens with one attached hydrogen (secondary N) is 1. The van der Waals surface area contributed by atoms with Crippen LogP contribution in [-0.4, -0.2) is 18.1 Å². The number of pyridine rings is 1. The van der Waals surface area contributed by atoms with Crippen molar-refractivity contribution in [3.63, 3.8) is 0 Å². The molecular formula is C17H21FN2O. The minimum absolute atomic E-state index is 0.232. The van der Waals surface area contributed by atoms with Crippen molar-refractivity contribution in [1.82, 2.24) is 10.3 Å². The van der Waals surface area contributed by atoms with Gasteiger partial charge in [-0.3, -0.25) is 4.98 Å². The third-order valence-electron chi connectivity index (χ3n) is 3.16. The molecule has 0 aliphatic rings. The topological polar surface area (TPSA) is 34.1 Å². The van der Waals surface area contributed by atoms with Crippen LogP contribution in [0.1, 0.15) is 24.5 Å². The predicted molar refractivity (Wildman–Crippen MR) is 81.8 cm³/mol. The molecule has 0 spiro atoms. The summed E-state index contributed by atoms with van der Waals surface area (Å²) in [7, 11) is 0. The summed E-state index contributed by atoms with van der Waals surface area (Å²) in [5.41, 5.74) is 2.04. The van der Waals surface area contributed by atoms with Gasteiger partial charge in [0.15, 0.2) is 0 Å². The van der Waals surface area contributed by atoms with E-state index >= 15 is 0 Å². The Kier molecular flexibility index (Phi) is 6.16. The predicted octanol–water partition coefficient (Wildman–Crippen LogP) is 3.34. The summed E-state index contributed by atoms with van der Waals surface area (Å²) in [5.74, 6) is 0.513. The van der Waals surface area contributed by atoms with Crippen molar-refractivity contribution in [2.75, 3.05) is 13.2 Å². The molecule has 0 bridgehead atoms. The lowest BCUT2D eigenvalue weighted by molar-refractivity contribution is 0.317. The molecule has 21 heavy (non-hydrogen) atoms. The second kappa shape index (κ2) is 8.37. The van der Waals surface area contributed by atoms with Crippen LogP contribution < -0.4 is 10.1 Å². The lowest BCUT2D eigenvalue weighted by Gasteiger charge is -2.12. The minimum atomic E-state index is -0.232. The van der Waals surface area contributed by atoms with Gasteiger partial charge in [0.2, 0.25) is 0 Å². The zero-order chi connectivity index (χ0) is 14.9. The van der Waals surface area contributed by atoms with Crippen LogP contribution in [0.4, 0.5) is 4.39 Å². The van der Waals surface area contributed by atoms with Gasteiger partial charge in [-0.05, 0) is 48.9 Å². The fourth-order valence-corrected chi connectivity index (χ4v) is 2.06. The van der Waals surface area contributed by atoms with Crippen LogP contribution in [0.2, 0.25) is 0 Å². The first kappa shape index (κ1) is 15.4. The maximum absolute atomic E-state index is 13.4. The van der Waals surface area contributed by atoms with Gasteiger partial charge in [-0.15, -0.1) is 0 Å². The number of aromatic nitrogens is 1. The molecule has 1 aromatic carbocycles. The third-order valence-corrected chi connectivity index (χ3v) is 3.16. The summed E-state index contributed by atoms with van der Waals surface area (Å²) < 4.78 is 19.2. The fourth-order valence-electron chi connectivity index (χ4n) is 2.06. The second-order valence-electron chi connectivity index (χ2n) is 4.88. The zero-order valence-corrected chi connectivity index (χ0v) is 12.3. The van der Waals surface area contributed by atoms with Crippen molar-refractivity contribution in [2.24, 2.45) is 0 Å². The van der Waals surface area contributed by atoms with Crippen molar-refractivity contribution in [3.8, 4) is 5.75 Å². The first-order valence-corrected chi connectivity index (χ1v) is 7.30. The summed E-state index contributed by atoms with van der Waals surface area (Å²) in [5, 5.41) is 3.27. The van der Waals surface area contributed by atoms with E-state index in [0.29, 0.717) is 13.2 Å². The van der Waals surface area contributed by atoms with Crippen molar-refractivity contribution < 1.29 is 9.13 Å². The summed E-state index contributed by atoms with van der Waals surface area (Å²) >= 11 is 0. The van der Waals surface area contributed by atoms with Gasteiger partial charge < -0.3 is 10.1 Å². The quantitative estimate of drug-likeness (QED) is 0.756. The zero-order valence-electron chi connectivity index (χ0n) is 12.3. The molecule has 0 aliphatic heterocycles. The van der Waals surface area contributed by atoms with Gasteiger partial charge >= 0.3 is 0 Å². The van der Waals surface area contributed by atoms with E-state index < -0.39 is 0 Å². The molecule has 4 heteroatoms. The molecule has 0 radical (unpaired) electrons. The molecule has 2 rings (SSSR count). The number of benzene rings is 1. The van der Waals surface area contributed by atoms with Crippen molar-refractivity contribution >= 4 is 0 Å². The number of nitrogens with zero attached hydrogens (tertiary/aromatic N) is 1. The van der Waals surface area contributed by atoms with Crippen LogP contribution in [-0.2, 0) is 13.0 Å². The van der Waals surface area contributed by atoms with Gasteiger partial charge in [0.05, 0.1) is 6.61 Å². The van der Waals surface area contributed by atoms with Crippen LogP contribution in [0.25, 0.3) is 0 Å². The minimum Gasteiger partial charge on any atom is -0.493 e. The molecule has 112 valence electrons. The molecule has 0 saturated heterocycles. The van der Waals surface area contributed by atoms with E-state index in [1.165, 1.54) is 17.7 Å². The Hall–Kier alpha value is -1.94. The summed E-state index contributed by atoms with van der Waals surface area (Å²) in [6.07, 6.45) is 5.40. The average molecular weight is 288 g/mol. The highest BCUT2D eigenvalue weighted by atomic mass is 19.1. The molecule has 3 nitrogen and oxygen atoms in total. The van der Waals surface area contributed by atoms with Gasteiger partial charge in [0.25, 0.3) is 0 Å². The molecule has 0 saturated carbocycles. The molecule has 1 N–H and O–H groups in total. The molecule has 0 amide bonds. The maximum atomic E-state index is 13.4. The molecule has 1 heterocycles. The normalized spacial score (nSPS) is 10.6. The Balaban J connectivity index is 1.92. The van der Waals surface area contributed by atoms with E-state index in [4.69, 9.17) is 4.74 Å². The average Bonchev–Trinajstić information content (AvgIpc) is 2.51. The van der Waals surface area contributed by atoms with E-state index in [1.54, 1.807) is 18.5 Å². The number of hydrogen-bond donors (Lipinski definition) is 1. The highest BCUT2D eigenvalue weighted by Crippen LogP contribution is 2.20. The Morgan fingerprint density at radius 2 is 2.00 bits per heavy atom. The first-order chi connectivity index (χ1) is 10.3. The molecule has 0 unspecified atom stereocenters. The highest BCUT2D eigenvalue weighted by Gasteiger charge is 2.05. The number of halogens is 1. The van der Waals surface area contributed by atoms with Gasteiger partial charge in [0, 0.05) is 30.9 Å². The van der Waals surface area contributed by atoms with Crippen LogP contribution in [0.5, 0.6) is 5.75 Å². The molecule has 0 fully saturated rings. The van der Waals surface area contributed by atoms with Crippen LogP contribution in [0.15, 0.2) is 42.7 Å². The summed E-state index contributed by atoms with van der Waals surface area (Å²) in [6, 6.07) is 8.61. The highest BCUT2D eigenvalue weighted by molar-refractivity contribution is 5.34. The monoisotopic (exact) mass is 288 g/mol. The van der Waals surface area contributed by atoms with E-state index in [1.807, 2.05) is 12.1 Å². The summed E-state index contributed by atoms with van der Waals surface area (Å²) in [4.78, 5) is 3.99. The van der Waals surface area contributed by atoms with Gasteiger partial charge in [-0.1, -0.05) is 6.92 Å². The van der Waals surface area contributed by atoms with E-state index in [2.05, 4.69) is 17.2 Å². The van der Waals surface area contributed by atoms with Crippen LogP contribution in [0.3, 0.4) is 0 Å². The van der Waals surface area contributed by atoms with Crippen LogP contribution >= 0.6 is 0 Å². The van der Waals surface area contributed by atoms with E-state index in [9.17, 15) is 4.39 Å². The number of ether oxygens (including phenoxy) is 1. The van der Waals surface area contributed by atoms with E-state index in [-0.39, 0.29) is 5.82 Å². The Morgan fingerprint density at radius 1 is 1.19 bits per heavy atom. The van der Waals surface area contributed by atoms with E-state index in [0.717, 1.165) is 30.7 Å². The Labute approximate surface area is 125 Å². The molecular weight excluding hydrogens is 267 g/mol.